The third kappa shape index (κ3) is 4.48. The van der Waals surface area contributed by atoms with E-state index in [1.54, 1.807) is 4.90 Å². The molecule has 1 aliphatic heterocycles. The van der Waals surface area contributed by atoms with Gasteiger partial charge in [-0.05, 0) is 32.8 Å². The van der Waals surface area contributed by atoms with Crippen molar-refractivity contribution in [1.29, 1.82) is 0 Å². The highest BCUT2D eigenvalue weighted by molar-refractivity contribution is 6.02. The van der Waals surface area contributed by atoms with E-state index in [-0.39, 0.29) is 17.6 Å². The van der Waals surface area contributed by atoms with E-state index in [2.05, 4.69) is 15.2 Å². The summed E-state index contributed by atoms with van der Waals surface area (Å²) in [5.41, 5.74) is 2.56. The zero-order chi connectivity index (χ0) is 18.6. The molecule has 1 aliphatic rings. The first kappa shape index (κ1) is 19.2. The van der Waals surface area contributed by atoms with Crippen molar-refractivity contribution >= 4 is 17.6 Å². The summed E-state index contributed by atoms with van der Waals surface area (Å²) in [4.78, 5) is 43.2. The topological polar surface area (TPSA) is 85.5 Å². The second kappa shape index (κ2) is 8.29. The summed E-state index contributed by atoms with van der Waals surface area (Å²) >= 11 is 0. The van der Waals surface area contributed by atoms with Crippen molar-refractivity contribution in [1.82, 2.24) is 20.1 Å². The van der Waals surface area contributed by atoms with Crippen molar-refractivity contribution in [2.45, 2.75) is 34.1 Å². The lowest BCUT2D eigenvalue weighted by atomic mass is 10.1. The summed E-state index contributed by atoms with van der Waals surface area (Å²) in [6.45, 7) is 10.7. The molecule has 0 radical (unpaired) electrons. The Kier molecular flexibility index (Phi) is 6.36. The zero-order valence-corrected chi connectivity index (χ0v) is 15.6. The average molecular weight is 348 g/mol. The fourth-order valence-electron chi connectivity index (χ4n) is 3.28. The maximum Gasteiger partial charge on any atom is 0.270 e. The van der Waals surface area contributed by atoms with Crippen LogP contribution in [0.3, 0.4) is 0 Å². The van der Waals surface area contributed by atoms with Crippen molar-refractivity contribution in [3.8, 4) is 0 Å². The number of nitrogens with one attached hydrogen (secondary N) is 2. The van der Waals surface area contributed by atoms with Crippen LogP contribution in [0.1, 0.15) is 52.4 Å². The van der Waals surface area contributed by atoms with Crippen LogP contribution < -0.4 is 5.32 Å². The molecule has 2 N–H and O–H groups in total. The molecule has 0 atom stereocenters. The van der Waals surface area contributed by atoms with Gasteiger partial charge in [0.25, 0.3) is 5.91 Å². The van der Waals surface area contributed by atoms with Gasteiger partial charge in [0, 0.05) is 44.0 Å². The van der Waals surface area contributed by atoms with Crippen molar-refractivity contribution < 1.29 is 14.4 Å². The molecule has 7 nitrogen and oxygen atoms in total. The lowest BCUT2D eigenvalue weighted by molar-refractivity contribution is -0.122. The van der Waals surface area contributed by atoms with Gasteiger partial charge in [0.15, 0.2) is 5.78 Å². The number of aryl methyl sites for hydroxylation is 1. The summed E-state index contributed by atoms with van der Waals surface area (Å²) in [6.07, 6.45) is 0.922. The summed E-state index contributed by atoms with van der Waals surface area (Å²) in [5.74, 6) is -0.0834. The molecular formula is C18H28N4O3. The van der Waals surface area contributed by atoms with Crippen LogP contribution in [0.25, 0.3) is 0 Å². The van der Waals surface area contributed by atoms with Gasteiger partial charge >= 0.3 is 0 Å². The predicted octanol–water partition coefficient (Wildman–Crippen LogP) is 1.12. The number of aromatic amines is 1. The number of H-pyrrole nitrogens is 1. The van der Waals surface area contributed by atoms with E-state index in [4.69, 9.17) is 0 Å². The minimum atomic E-state index is -0.0804. The number of ketones is 1. The number of carbonyl (C=O) groups is 3. The van der Waals surface area contributed by atoms with Crippen molar-refractivity contribution in [3.63, 3.8) is 0 Å². The predicted molar refractivity (Wildman–Crippen MR) is 95.9 cm³/mol. The quantitative estimate of drug-likeness (QED) is 0.755. The molecule has 0 aliphatic carbocycles. The fraction of sp³-hybridized carbons (Fsp3) is 0.611. The number of amides is 2. The number of Topliss-reactive ketones (excluding diaryl/α,β-unsaturated/α-hetero) is 1. The lowest BCUT2D eigenvalue weighted by Gasteiger charge is -2.34. The van der Waals surface area contributed by atoms with E-state index in [0.717, 1.165) is 17.7 Å². The van der Waals surface area contributed by atoms with E-state index in [1.807, 2.05) is 20.8 Å². The maximum absolute atomic E-state index is 12.8. The van der Waals surface area contributed by atoms with Crippen LogP contribution in [0, 0.1) is 13.8 Å². The Morgan fingerprint density at radius 1 is 1.12 bits per heavy atom. The maximum atomic E-state index is 12.8. The Morgan fingerprint density at radius 3 is 2.28 bits per heavy atom. The molecule has 0 spiro atoms. The molecule has 0 aromatic carbocycles. The number of aromatic nitrogens is 1. The SMILES string of the molecule is CCCNC(=O)CN1CCN(C(=O)c2[nH]c(C)c(C(C)=O)c2C)CC1. The zero-order valence-electron chi connectivity index (χ0n) is 15.6. The molecule has 0 unspecified atom stereocenters. The monoisotopic (exact) mass is 348 g/mol. The molecule has 7 heteroatoms. The largest absolute Gasteiger partial charge is 0.355 e. The van der Waals surface area contributed by atoms with Crippen LogP contribution in [-0.4, -0.2) is 71.6 Å². The van der Waals surface area contributed by atoms with Crippen LogP contribution in [0.15, 0.2) is 0 Å². The first-order valence-corrected chi connectivity index (χ1v) is 8.83. The van der Waals surface area contributed by atoms with Gasteiger partial charge in [-0.25, -0.2) is 0 Å². The average Bonchev–Trinajstić information content (AvgIpc) is 2.87. The van der Waals surface area contributed by atoms with Crippen molar-refractivity contribution in [2.75, 3.05) is 39.3 Å². The molecule has 2 amide bonds. The number of rotatable bonds is 6. The number of hydrogen-bond donors (Lipinski definition) is 2. The van der Waals surface area contributed by atoms with E-state index >= 15 is 0 Å². The first-order valence-electron chi connectivity index (χ1n) is 8.83. The Bertz CT molecular complexity index is 658. The first-order chi connectivity index (χ1) is 11.8. The summed E-state index contributed by atoms with van der Waals surface area (Å²) < 4.78 is 0. The lowest BCUT2D eigenvalue weighted by Crippen LogP contribution is -2.51. The van der Waals surface area contributed by atoms with Crippen LogP contribution in [0.4, 0.5) is 0 Å². The van der Waals surface area contributed by atoms with Crippen LogP contribution in [0.5, 0.6) is 0 Å². The van der Waals surface area contributed by atoms with Gasteiger partial charge in [-0.15, -0.1) is 0 Å². The van der Waals surface area contributed by atoms with Gasteiger partial charge in [0.1, 0.15) is 5.69 Å². The molecule has 0 bridgehead atoms. The molecule has 1 saturated heterocycles. The smallest absolute Gasteiger partial charge is 0.270 e. The standard InChI is InChI=1S/C18H28N4O3/c1-5-6-19-15(24)11-21-7-9-22(10-8-21)18(25)17-12(2)16(14(4)23)13(3)20-17/h20H,5-11H2,1-4H3,(H,19,24). The van der Waals surface area contributed by atoms with Crippen molar-refractivity contribution in [3.05, 3.63) is 22.5 Å². The number of piperazine rings is 1. The molecule has 1 aromatic heterocycles. The summed E-state index contributed by atoms with van der Waals surface area (Å²) in [7, 11) is 0. The molecule has 138 valence electrons. The molecule has 1 fully saturated rings. The van der Waals surface area contributed by atoms with Crippen LogP contribution in [0.2, 0.25) is 0 Å². The Balaban J connectivity index is 1.95. The number of carbonyl (C=O) groups excluding carboxylic acids is 3. The summed E-state index contributed by atoms with van der Waals surface area (Å²) in [5, 5.41) is 2.87. The van der Waals surface area contributed by atoms with Gasteiger partial charge in [0.05, 0.1) is 6.54 Å². The third-order valence-corrected chi connectivity index (χ3v) is 4.60. The normalized spacial score (nSPS) is 15.3. The third-order valence-electron chi connectivity index (χ3n) is 4.60. The van der Waals surface area contributed by atoms with Crippen LogP contribution in [-0.2, 0) is 4.79 Å². The Hall–Kier alpha value is -2.15. The van der Waals surface area contributed by atoms with Gasteiger partial charge in [-0.3, -0.25) is 19.3 Å². The van der Waals surface area contributed by atoms with E-state index in [0.29, 0.717) is 50.5 Å². The fourth-order valence-corrected chi connectivity index (χ4v) is 3.28. The molecule has 1 aromatic rings. The van der Waals surface area contributed by atoms with Gasteiger partial charge < -0.3 is 15.2 Å². The highest BCUT2D eigenvalue weighted by Gasteiger charge is 2.27. The molecule has 2 rings (SSSR count). The van der Waals surface area contributed by atoms with E-state index in [1.165, 1.54) is 6.92 Å². The molecule has 0 saturated carbocycles. The Labute approximate surface area is 148 Å². The minimum absolute atomic E-state index is 0.0311. The molecule has 25 heavy (non-hydrogen) atoms. The van der Waals surface area contributed by atoms with E-state index in [9.17, 15) is 14.4 Å². The van der Waals surface area contributed by atoms with Gasteiger partial charge in [-0.1, -0.05) is 6.92 Å². The van der Waals surface area contributed by atoms with Gasteiger partial charge in [-0.2, -0.15) is 0 Å². The molecule has 2 heterocycles. The van der Waals surface area contributed by atoms with Crippen LogP contribution >= 0.6 is 0 Å². The second-order valence-corrected chi connectivity index (χ2v) is 6.60. The highest BCUT2D eigenvalue weighted by Crippen LogP contribution is 2.20. The number of nitrogens with zero attached hydrogens (tertiary/aromatic N) is 2. The summed E-state index contributed by atoms with van der Waals surface area (Å²) in [6, 6.07) is 0. The second-order valence-electron chi connectivity index (χ2n) is 6.60. The van der Waals surface area contributed by atoms with Crippen molar-refractivity contribution in [2.24, 2.45) is 0 Å². The highest BCUT2D eigenvalue weighted by atomic mass is 16.2. The van der Waals surface area contributed by atoms with E-state index < -0.39 is 0 Å². The number of hydrogen-bond acceptors (Lipinski definition) is 4. The minimum Gasteiger partial charge on any atom is -0.355 e. The molecular weight excluding hydrogens is 320 g/mol. The Morgan fingerprint density at radius 2 is 1.76 bits per heavy atom. The van der Waals surface area contributed by atoms with Gasteiger partial charge in [0.2, 0.25) is 5.91 Å².